The van der Waals surface area contributed by atoms with Crippen molar-refractivity contribution in [2.45, 2.75) is 38.0 Å². The number of halogens is 3. The van der Waals surface area contributed by atoms with E-state index in [1.807, 2.05) is 12.1 Å². The smallest absolute Gasteiger partial charge is 0.282 e. The first-order valence-corrected chi connectivity index (χ1v) is 12.8. The highest BCUT2D eigenvalue weighted by molar-refractivity contribution is 9.10. The summed E-state index contributed by atoms with van der Waals surface area (Å²) in [5, 5.41) is 5.39. The van der Waals surface area contributed by atoms with Gasteiger partial charge < -0.3 is 9.47 Å². The Morgan fingerprint density at radius 2 is 2.06 bits per heavy atom. The molecule has 1 saturated carbocycles. The van der Waals surface area contributed by atoms with Crippen LogP contribution in [0.2, 0.25) is 5.02 Å². The number of ether oxygens (including phenoxy) is 2. The minimum Gasteiger partial charge on any atom is -0.493 e. The highest BCUT2D eigenvalue weighted by Crippen LogP contribution is 2.42. The van der Waals surface area contributed by atoms with Gasteiger partial charge in [0.15, 0.2) is 11.5 Å². The van der Waals surface area contributed by atoms with Crippen molar-refractivity contribution in [3.05, 3.63) is 60.0 Å². The van der Waals surface area contributed by atoms with Gasteiger partial charge in [-0.3, -0.25) is 4.79 Å². The van der Waals surface area contributed by atoms with Gasteiger partial charge in [-0.2, -0.15) is 9.78 Å². The molecular formula is C25H22Br2ClN3O3. The van der Waals surface area contributed by atoms with Crippen LogP contribution in [0.15, 0.2) is 43.1 Å². The lowest BCUT2D eigenvalue weighted by atomic mass is 9.88. The van der Waals surface area contributed by atoms with Gasteiger partial charge in [0.25, 0.3) is 5.56 Å². The van der Waals surface area contributed by atoms with Gasteiger partial charge >= 0.3 is 0 Å². The maximum absolute atomic E-state index is 13.5. The fourth-order valence-electron chi connectivity index (χ4n) is 4.12. The second-order valence-electron chi connectivity index (χ2n) is 7.95. The van der Waals surface area contributed by atoms with Gasteiger partial charge in [-0.1, -0.05) is 52.7 Å². The molecule has 2 aromatic carbocycles. The predicted octanol–water partition coefficient (Wildman–Crippen LogP) is 6.53. The molecule has 0 N–H and O–H groups in total. The summed E-state index contributed by atoms with van der Waals surface area (Å²) >= 11 is 13.5. The zero-order chi connectivity index (χ0) is 24.2. The van der Waals surface area contributed by atoms with E-state index in [-0.39, 0.29) is 18.1 Å². The van der Waals surface area contributed by atoms with Crippen molar-refractivity contribution >= 4 is 60.6 Å². The van der Waals surface area contributed by atoms with Crippen LogP contribution in [0.1, 0.15) is 49.4 Å². The van der Waals surface area contributed by atoms with E-state index in [0.717, 1.165) is 30.2 Å². The molecule has 0 amide bonds. The van der Waals surface area contributed by atoms with Crippen LogP contribution in [0, 0.1) is 12.3 Å². The molecule has 0 spiro atoms. The molecule has 1 aromatic heterocycles. The van der Waals surface area contributed by atoms with Crippen molar-refractivity contribution in [1.82, 2.24) is 9.66 Å². The summed E-state index contributed by atoms with van der Waals surface area (Å²) in [6, 6.07) is 7.25. The van der Waals surface area contributed by atoms with Crippen LogP contribution in [0.3, 0.4) is 0 Å². The Labute approximate surface area is 219 Å². The Morgan fingerprint density at radius 1 is 1.29 bits per heavy atom. The van der Waals surface area contributed by atoms with Gasteiger partial charge in [0, 0.05) is 20.4 Å². The summed E-state index contributed by atoms with van der Waals surface area (Å²) in [4.78, 5) is 18.4. The Balaban J connectivity index is 1.84. The Morgan fingerprint density at radius 3 is 2.76 bits per heavy atom. The minimum absolute atomic E-state index is 0.0500. The molecule has 1 heterocycles. The van der Waals surface area contributed by atoms with Gasteiger partial charge in [-0.15, -0.1) is 6.42 Å². The first kappa shape index (κ1) is 24.8. The second kappa shape index (κ2) is 10.9. The number of nitrogens with zero attached hydrogens (tertiary/aromatic N) is 3. The summed E-state index contributed by atoms with van der Waals surface area (Å²) in [5.41, 5.74) is 1.07. The molecule has 9 heteroatoms. The number of hydrogen-bond donors (Lipinski definition) is 0. The molecule has 0 bridgehead atoms. The number of terminal acetylenes is 1. The third-order valence-corrected chi connectivity index (χ3v) is 7.73. The molecule has 1 aliphatic carbocycles. The lowest BCUT2D eigenvalue weighted by Crippen LogP contribution is -2.25. The van der Waals surface area contributed by atoms with Crippen LogP contribution < -0.4 is 15.0 Å². The van der Waals surface area contributed by atoms with Crippen LogP contribution >= 0.6 is 43.5 Å². The van der Waals surface area contributed by atoms with Gasteiger partial charge in [-0.25, -0.2) is 4.98 Å². The maximum Gasteiger partial charge on any atom is 0.282 e. The van der Waals surface area contributed by atoms with Crippen molar-refractivity contribution < 1.29 is 9.47 Å². The summed E-state index contributed by atoms with van der Waals surface area (Å²) in [7, 11) is 1.51. The molecule has 3 aromatic rings. The molecule has 34 heavy (non-hydrogen) atoms. The van der Waals surface area contributed by atoms with Gasteiger partial charge in [0.1, 0.15) is 17.5 Å². The number of rotatable bonds is 6. The van der Waals surface area contributed by atoms with E-state index in [4.69, 9.17) is 32.5 Å². The molecule has 0 unspecified atom stereocenters. The molecule has 0 atom stereocenters. The van der Waals surface area contributed by atoms with E-state index in [0.29, 0.717) is 43.3 Å². The number of aromatic nitrogens is 2. The monoisotopic (exact) mass is 605 g/mol. The topological polar surface area (TPSA) is 65.7 Å². The Hall–Kier alpha value is -2.34. The second-order valence-corrected chi connectivity index (χ2v) is 10.0. The highest BCUT2D eigenvalue weighted by atomic mass is 79.9. The molecule has 1 fully saturated rings. The van der Waals surface area contributed by atoms with E-state index in [1.165, 1.54) is 18.2 Å². The molecule has 0 saturated heterocycles. The zero-order valence-electron chi connectivity index (χ0n) is 18.5. The van der Waals surface area contributed by atoms with E-state index in [9.17, 15) is 4.79 Å². The fraction of sp³-hybridized carbons (Fsp3) is 0.320. The third-order valence-electron chi connectivity index (χ3n) is 5.79. The molecule has 0 radical (unpaired) electrons. The van der Waals surface area contributed by atoms with Gasteiger partial charge in [-0.05, 0) is 53.0 Å². The lowest BCUT2D eigenvalue weighted by Gasteiger charge is -2.22. The summed E-state index contributed by atoms with van der Waals surface area (Å²) < 4.78 is 13.8. The predicted molar refractivity (Wildman–Crippen MR) is 143 cm³/mol. The quantitative estimate of drug-likeness (QED) is 0.236. The largest absolute Gasteiger partial charge is 0.493 e. The normalized spacial score (nSPS) is 14.4. The van der Waals surface area contributed by atoms with Crippen LogP contribution in [-0.2, 0) is 0 Å². The number of fused-ring (bicyclic) bond motifs is 1. The van der Waals surface area contributed by atoms with Crippen LogP contribution in [0.25, 0.3) is 10.9 Å². The number of hydrogen-bond acceptors (Lipinski definition) is 5. The average Bonchev–Trinajstić information content (AvgIpc) is 2.85. The minimum atomic E-state index is -0.216. The molecule has 176 valence electrons. The molecule has 1 aliphatic rings. The zero-order valence-corrected chi connectivity index (χ0v) is 22.4. The summed E-state index contributed by atoms with van der Waals surface area (Å²) in [6.07, 6.45) is 12.3. The Kier molecular flexibility index (Phi) is 7.97. The fourth-order valence-corrected chi connectivity index (χ4v) is 5.14. The van der Waals surface area contributed by atoms with Crippen LogP contribution in [0.4, 0.5) is 0 Å². The average molecular weight is 608 g/mol. The first-order chi connectivity index (χ1) is 16.4. The van der Waals surface area contributed by atoms with Gasteiger partial charge in [0.2, 0.25) is 0 Å². The van der Waals surface area contributed by atoms with Crippen LogP contribution in [0.5, 0.6) is 11.5 Å². The van der Waals surface area contributed by atoms with Gasteiger partial charge in [0.05, 0.1) is 24.2 Å². The van der Waals surface area contributed by atoms with Crippen molar-refractivity contribution in [3.63, 3.8) is 0 Å². The van der Waals surface area contributed by atoms with E-state index in [2.05, 4.69) is 42.9 Å². The molecule has 4 rings (SSSR count). The highest BCUT2D eigenvalue weighted by Gasteiger charge is 2.23. The third kappa shape index (κ3) is 5.02. The standard InChI is InChI=1S/C25H22Br2ClN3O3/c1-3-11-34-23-20(33-2)12-16(21(27)22(23)28)14-29-31-24(15-7-5-4-6-8-15)30-19-10-9-17(26)13-18(19)25(31)32/h1,9-10,12-15H,4-8,11H2,2H3. The number of methoxy groups -OCH3 is 1. The van der Waals surface area contributed by atoms with Crippen LogP contribution in [-0.4, -0.2) is 29.6 Å². The first-order valence-electron chi connectivity index (χ1n) is 10.8. The van der Waals surface area contributed by atoms with Crippen molar-refractivity contribution in [3.8, 4) is 23.8 Å². The number of benzene rings is 2. The van der Waals surface area contributed by atoms with Crippen molar-refractivity contribution in [1.29, 1.82) is 0 Å². The van der Waals surface area contributed by atoms with E-state index >= 15 is 0 Å². The van der Waals surface area contributed by atoms with Crippen molar-refractivity contribution in [2.24, 2.45) is 5.10 Å². The Bertz CT molecular complexity index is 1360. The summed E-state index contributed by atoms with van der Waals surface area (Å²) in [5.74, 6) is 4.01. The lowest BCUT2D eigenvalue weighted by molar-refractivity contribution is 0.331. The SMILES string of the molecule is C#CCOc1c(OC)cc(C=Nn2c(C3CCCCC3)nc3ccc(Br)cc3c2=O)c(Br)c1Cl. The maximum atomic E-state index is 13.5. The van der Waals surface area contributed by atoms with E-state index < -0.39 is 0 Å². The molecule has 0 aliphatic heterocycles. The van der Waals surface area contributed by atoms with Crippen molar-refractivity contribution in [2.75, 3.05) is 13.7 Å². The summed E-state index contributed by atoms with van der Waals surface area (Å²) in [6.45, 7) is 0.0500. The molecular weight excluding hydrogens is 586 g/mol. The molecule has 6 nitrogen and oxygen atoms in total. The van der Waals surface area contributed by atoms with E-state index in [1.54, 1.807) is 18.3 Å².